The number of nitrogens with one attached hydrogen (secondary N) is 1. The van der Waals surface area contributed by atoms with Gasteiger partial charge in [0.1, 0.15) is 11.2 Å². The van der Waals surface area contributed by atoms with Crippen molar-refractivity contribution in [1.82, 2.24) is 0 Å². The van der Waals surface area contributed by atoms with Crippen LogP contribution < -0.4 is 10.1 Å². The number of amides is 1. The summed E-state index contributed by atoms with van der Waals surface area (Å²) >= 11 is 0. The molecule has 5 heteroatoms. The largest absolute Gasteiger partial charge is 0.495 e. The predicted molar refractivity (Wildman–Crippen MR) is 89.9 cm³/mol. The number of ether oxygens (including phenoxy) is 1. The van der Waals surface area contributed by atoms with E-state index in [1.54, 1.807) is 12.1 Å². The SMILES string of the molecule is COc1ccc(C)cc1NC(=O)[C@@]12CC[C@@](C)(C(=O)C1=O)C2(C)C. The second-order valence-electron chi connectivity index (χ2n) is 7.68. The maximum Gasteiger partial charge on any atom is 0.239 e. The fraction of sp³-hybridized carbons (Fsp3) is 0.526. The van der Waals surface area contributed by atoms with E-state index in [-0.39, 0.29) is 0 Å². The molecule has 1 aromatic rings. The Bertz CT molecular complexity index is 767. The van der Waals surface area contributed by atoms with Crippen LogP contribution in [0.5, 0.6) is 5.75 Å². The maximum absolute atomic E-state index is 13.1. The Labute approximate surface area is 141 Å². The lowest BCUT2D eigenvalue weighted by molar-refractivity contribution is -0.147. The van der Waals surface area contributed by atoms with Crippen LogP contribution in [0.1, 0.15) is 39.2 Å². The van der Waals surface area contributed by atoms with Gasteiger partial charge in [0.25, 0.3) is 0 Å². The van der Waals surface area contributed by atoms with E-state index >= 15 is 0 Å². The molecule has 1 aromatic carbocycles. The molecular formula is C19H23NO4. The summed E-state index contributed by atoms with van der Waals surface area (Å²) in [6, 6.07) is 5.46. The first-order valence-electron chi connectivity index (χ1n) is 8.17. The Morgan fingerprint density at radius 3 is 2.33 bits per heavy atom. The summed E-state index contributed by atoms with van der Waals surface area (Å²) in [6.45, 7) is 7.43. The van der Waals surface area contributed by atoms with E-state index in [1.807, 2.05) is 33.8 Å². The van der Waals surface area contributed by atoms with Gasteiger partial charge in [-0.3, -0.25) is 14.4 Å². The number of anilines is 1. The van der Waals surface area contributed by atoms with Crippen LogP contribution in [-0.2, 0) is 14.4 Å². The Morgan fingerprint density at radius 1 is 1.12 bits per heavy atom. The van der Waals surface area contributed by atoms with E-state index in [2.05, 4.69) is 5.32 Å². The van der Waals surface area contributed by atoms with E-state index in [1.165, 1.54) is 7.11 Å². The normalized spacial score (nSPS) is 30.5. The third-order valence-corrected chi connectivity index (χ3v) is 6.53. The zero-order chi connectivity index (χ0) is 17.9. The fourth-order valence-corrected chi connectivity index (χ4v) is 4.42. The molecule has 0 unspecified atom stereocenters. The average Bonchev–Trinajstić information content (AvgIpc) is 2.79. The topological polar surface area (TPSA) is 72.5 Å². The van der Waals surface area contributed by atoms with Crippen molar-refractivity contribution >= 4 is 23.2 Å². The molecule has 0 aliphatic heterocycles. The summed E-state index contributed by atoms with van der Waals surface area (Å²) in [5.41, 5.74) is -1.29. The van der Waals surface area contributed by atoms with Crippen LogP contribution in [0, 0.1) is 23.2 Å². The van der Waals surface area contributed by atoms with Gasteiger partial charge in [-0.2, -0.15) is 0 Å². The Hall–Kier alpha value is -2.17. The van der Waals surface area contributed by atoms with E-state index < -0.39 is 33.7 Å². The monoisotopic (exact) mass is 329 g/mol. The van der Waals surface area contributed by atoms with Gasteiger partial charge in [0.2, 0.25) is 17.5 Å². The Morgan fingerprint density at radius 2 is 1.79 bits per heavy atom. The van der Waals surface area contributed by atoms with Gasteiger partial charge >= 0.3 is 0 Å². The van der Waals surface area contributed by atoms with Crippen molar-refractivity contribution in [3.63, 3.8) is 0 Å². The van der Waals surface area contributed by atoms with Crippen molar-refractivity contribution < 1.29 is 19.1 Å². The molecule has 2 fully saturated rings. The number of aryl methyl sites for hydroxylation is 1. The molecule has 3 rings (SSSR count). The number of benzene rings is 1. The molecule has 0 aromatic heterocycles. The van der Waals surface area contributed by atoms with Gasteiger partial charge in [0.05, 0.1) is 12.8 Å². The number of methoxy groups -OCH3 is 1. The van der Waals surface area contributed by atoms with Gasteiger partial charge in [-0.15, -0.1) is 0 Å². The molecule has 24 heavy (non-hydrogen) atoms. The number of fused-ring (bicyclic) bond motifs is 2. The minimum atomic E-state index is -1.30. The van der Waals surface area contributed by atoms with Gasteiger partial charge < -0.3 is 10.1 Å². The first kappa shape index (κ1) is 16.7. The lowest BCUT2D eigenvalue weighted by Crippen LogP contribution is -2.47. The summed E-state index contributed by atoms with van der Waals surface area (Å²) in [6.07, 6.45) is 0.962. The van der Waals surface area contributed by atoms with Gasteiger partial charge in [-0.05, 0) is 42.9 Å². The molecule has 2 aliphatic rings. The van der Waals surface area contributed by atoms with Crippen molar-refractivity contribution in [3.05, 3.63) is 23.8 Å². The van der Waals surface area contributed by atoms with E-state index in [4.69, 9.17) is 4.74 Å². The number of ketones is 2. The van der Waals surface area contributed by atoms with Crippen molar-refractivity contribution in [2.75, 3.05) is 12.4 Å². The number of hydrogen-bond acceptors (Lipinski definition) is 4. The zero-order valence-corrected chi connectivity index (χ0v) is 14.8. The highest BCUT2D eigenvalue weighted by molar-refractivity contribution is 6.49. The van der Waals surface area contributed by atoms with Crippen molar-refractivity contribution in [2.45, 2.75) is 40.5 Å². The summed E-state index contributed by atoms with van der Waals surface area (Å²) < 4.78 is 5.29. The first-order valence-corrected chi connectivity index (χ1v) is 8.17. The highest BCUT2D eigenvalue weighted by atomic mass is 16.5. The van der Waals surface area contributed by atoms with E-state index in [0.29, 0.717) is 24.3 Å². The molecule has 0 radical (unpaired) electrons. The molecule has 0 spiro atoms. The van der Waals surface area contributed by atoms with Gasteiger partial charge in [-0.1, -0.05) is 26.8 Å². The summed E-state index contributed by atoms with van der Waals surface area (Å²) in [5.74, 6) is -0.841. The van der Waals surface area contributed by atoms with Crippen LogP contribution >= 0.6 is 0 Å². The molecule has 2 saturated carbocycles. The standard InChI is InChI=1S/C19H23NO4/c1-11-6-7-13(24-5)12(10-11)20-16(23)19-9-8-18(4,17(19,2)3)14(21)15(19)22/h6-7,10H,8-9H2,1-5H3,(H,20,23)/t18-,19+/m0/s1. The van der Waals surface area contributed by atoms with Crippen molar-refractivity contribution in [1.29, 1.82) is 0 Å². The first-order chi connectivity index (χ1) is 11.1. The lowest BCUT2D eigenvalue weighted by Gasteiger charge is -2.37. The minimum absolute atomic E-state index is 0.404. The number of carbonyl (C=O) groups excluding carboxylic acids is 3. The Kier molecular flexibility index (Phi) is 3.41. The van der Waals surface area contributed by atoms with E-state index in [0.717, 1.165) is 5.56 Å². The number of Topliss-reactive ketones (excluding diaryl/α,β-unsaturated/α-hetero) is 2. The molecule has 2 aliphatic carbocycles. The van der Waals surface area contributed by atoms with Crippen molar-refractivity contribution in [3.8, 4) is 5.75 Å². The number of hydrogen-bond donors (Lipinski definition) is 1. The van der Waals surface area contributed by atoms with Crippen LogP contribution in [0.2, 0.25) is 0 Å². The molecule has 5 nitrogen and oxygen atoms in total. The molecule has 1 N–H and O–H groups in total. The highest BCUT2D eigenvalue weighted by Gasteiger charge is 2.77. The lowest BCUT2D eigenvalue weighted by atomic mass is 9.64. The molecule has 0 saturated heterocycles. The van der Waals surface area contributed by atoms with Crippen molar-refractivity contribution in [2.24, 2.45) is 16.2 Å². The summed E-state index contributed by atoms with van der Waals surface area (Å²) in [7, 11) is 1.53. The van der Waals surface area contributed by atoms with Gasteiger partial charge in [-0.25, -0.2) is 0 Å². The number of rotatable bonds is 3. The molecule has 128 valence electrons. The van der Waals surface area contributed by atoms with E-state index in [9.17, 15) is 14.4 Å². The molecule has 2 atom stereocenters. The van der Waals surface area contributed by atoms with Crippen LogP contribution in [-0.4, -0.2) is 24.6 Å². The zero-order valence-electron chi connectivity index (χ0n) is 14.8. The third-order valence-electron chi connectivity index (χ3n) is 6.53. The fourth-order valence-electron chi connectivity index (χ4n) is 4.42. The van der Waals surface area contributed by atoms with Gasteiger partial charge in [0.15, 0.2) is 0 Å². The second-order valence-corrected chi connectivity index (χ2v) is 7.68. The average molecular weight is 329 g/mol. The van der Waals surface area contributed by atoms with Crippen LogP contribution in [0.25, 0.3) is 0 Å². The van der Waals surface area contributed by atoms with Crippen LogP contribution in [0.3, 0.4) is 0 Å². The smallest absolute Gasteiger partial charge is 0.239 e. The van der Waals surface area contributed by atoms with Crippen LogP contribution in [0.4, 0.5) is 5.69 Å². The molecule has 2 bridgehead atoms. The van der Waals surface area contributed by atoms with Gasteiger partial charge in [0, 0.05) is 5.41 Å². The minimum Gasteiger partial charge on any atom is -0.495 e. The molecular weight excluding hydrogens is 306 g/mol. The number of carbonyl (C=O) groups is 3. The second kappa shape index (κ2) is 4.91. The predicted octanol–water partition coefficient (Wildman–Crippen LogP) is 2.91. The molecule has 0 heterocycles. The Balaban J connectivity index is 2.03. The maximum atomic E-state index is 13.1. The quantitative estimate of drug-likeness (QED) is 0.683. The summed E-state index contributed by atoms with van der Waals surface area (Å²) in [4.78, 5) is 38.4. The van der Waals surface area contributed by atoms with Crippen LogP contribution in [0.15, 0.2) is 18.2 Å². The summed E-state index contributed by atoms with van der Waals surface area (Å²) in [5, 5.41) is 2.85. The third kappa shape index (κ3) is 1.73. The molecule has 1 amide bonds. The highest BCUT2D eigenvalue weighted by Crippen LogP contribution is 2.69.